The first-order valence-corrected chi connectivity index (χ1v) is 12.6. The number of fused-ring (bicyclic) bond motifs is 7. The van der Waals surface area contributed by atoms with Crippen LogP contribution in [0.15, 0.2) is 130 Å². The minimum absolute atomic E-state index is 0.659. The number of rotatable bonds is 3. The lowest BCUT2D eigenvalue weighted by Gasteiger charge is -2.09. The van der Waals surface area contributed by atoms with Gasteiger partial charge >= 0.3 is 0 Å². The van der Waals surface area contributed by atoms with Crippen molar-refractivity contribution in [2.45, 2.75) is 0 Å². The van der Waals surface area contributed by atoms with Gasteiger partial charge in [-0.05, 0) is 36.4 Å². The van der Waals surface area contributed by atoms with E-state index in [1.165, 1.54) is 0 Å². The monoisotopic (exact) mass is 488 g/mol. The van der Waals surface area contributed by atoms with Crippen molar-refractivity contribution in [3.05, 3.63) is 121 Å². The predicted molar refractivity (Wildman–Crippen MR) is 153 cm³/mol. The van der Waals surface area contributed by atoms with Crippen molar-refractivity contribution < 1.29 is 8.83 Å². The summed E-state index contributed by atoms with van der Waals surface area (Å²) in [4.78, 5) is 9.95. The van der Waals surface area contributed by atoms with Crippen LogP contribution in [-0.4, -0.2) is 9.97 Å². The van der Waals surface area contributed by atoms with Crippen LogP contribution in [0.2, 0.25) is 0 Å². The predicted octanol–water partition coefficient (Wildman–Crippen LogP) is 9.28. The fourth-order valence-corrected chi connectivity index (χ4v) is 5.31. The van der Waals surface area contributed by atoms with Gasteiger partial charge in [0.25, 0.3) is 0 Å². The summed E-state index contributed by atoms with van der Waals surface area (Å²) in [5, 5.41) is 4.28. The zero-order chi connectivity index (χ0) is 25.1. The van der Waals surface area contributed by atoms with Gasteiger partial charge in [-0.2, -0.15) is 0 Å². The third-order valence-electron chi connectivity index (χ3n) is 7.10. The Bertz CT molecular complexity index is 2070. The molecule has 178 valence electrons. The van der Waals surface area contributed by atoms with Gasteiger partial charge in [-0.15, -0.1) is 0 Å². The van der Waals surface area contributed by atoms with Crippen molar-refractivity contribution in [2.24, 2.45) is 0 Å². The van der Waals surface area contributed by atoms with Gasteiger partial charge in [0.1, 0.15) is 22.3 Å². The molecule has 3 aromatic heterocycles. The molecule has 0 aliphatic carbocycles. The molecular formula is C34H20N2O2. The molecule has 0 atom stereocenters. The Kier molecular flexibility index (Phi) is 4.49. The SMILES string of the molecule is c1ccc(-c2cc(-c3ccccc3)nc(-c3ccc4c(c3)oc3ccc5oc6ccccc6c5c34)n2)cc1. The molecule has 0 N–H and O–H groups in total. The Morgan fingerprint density at radius 1 is 0.395 bits per heavy atom. The Hall–Kier alpha value is -5.22. The standard InChI is InChI=1S/C34H20N2O2/c1-3-9-21(10-4-1)26-20-27(22-11-5-2-6-12-22)36-34(35-26)23-15-16-25-31(19-23)38-30-18-17-29-32(33(25)30)24-13-7-8-14-28(24)37-29/h1-20H. The van der Waals surface area contributed by atoms with E-state index in [0.717, 1.165) is 72.0 Å². The third-order valence-corrected chi connectivity index (χ3v) is 7.10. The van der Waals surface area contributed by atoms with Crippen LogP contribution >= 0.6 is 0 Å². The molecule has 8 aromatic rings. The largest absolute Gasteiger partial charge is 0.456 e. The maximum absolute atomic E-state index is 6.37. The van der Waals surface area contributed by atoms with E-state index in [2.05, 4.69) is 48.5 Å². The topological polar surface area (TPSA) is 52.1 Å². The molecule has 0 unspecified atom stereocenters. The van der Waals surface area contributed by atoms with Gasteiger partial charge in [-0.3, -0.25) is 0 Å². The van der Waals surface area contributed by atoms with E-state index in [-0.39, 0.29) is 0 Å². The summed E-state index contributed by atoms with van der Waals surface area (Å²) in [5.41, 5.74) is 8.12. The second kappa shape index (κ2) is 8.15. The van der Waals surface area contributed by atoms with Gasteiger partial charge in [0.05, 0.1) is 11.4 Å². The minimum atomic E-state index is 0.659. The van der Waals surface area contributed by atoms with Crippen LogP contribution in [-0.2, 0) is 0 Å². The first-order chi connectivity index (χ1) is 18.8. The minimum Gasteiger partial charge on any atom is -0.456 e. The van der Waals surface area contributed by atoms with Crippen LogP contribution in [0.3, 0.4) is 0 Å². The van der Waals surface area contributed by atoms with Crippen molar-refractivity contribution in [2.75, 3.05) is 0 Å². The van der Waals surface area contributed by atoms with E-state index < -0.39 is 0 Å². The Morgan fingerprint density at radius 2 is 0.947 bits per heavy atom. The van der Waals surface area contributed by atoms with Gasteiger partial charge in [0.15, 0.2) is 5.82 Å². The van der Waals surface area contributed by atoms with E-state index in [1.807, 2.05) is 72.8 Å². The smallest absolute Gasteiger partial charge is 0.160 e. The number of hydrogen-bond donors (Lipinski definition) is 0. The third kappa shape index (κ3) is 3.24. The number of aromatic nitrogens is 2. The van der Waals surface area contributed by atoms with Crippen molar-refractivity contribution in [1.82, 2.24) is 9.97 Å². The second-order valence-electron chi connectivity index (χ2n) is 9.42. The van der Waals surface area contributed by atoms with Gasteiger partial charge < -0.3 is 8.83 Å². The molecule has 0 bridgehead atoms. The van der Waals surface area contributed by atoms with E-state index in [9.17, 15) is 0 Å². The average molecular weight is 489 g/mol. The Morgan fingerprint density at radius 3 is 1.61 bits per heavy atom. The van der Waals surface area contributed by atoms with E-state index in [0.29, 0.717) is 5.82 Å². The molecule has 0 amide bonds. The summed E-state index contributed by atoms with van der Waals surface area (Å²) in [6.45, 7) is 0. The van der Waals surface area contributed by atoms with E-state index in [4.69, 9.17) is 18.8 Å². The first kappa shape index (κ1) is 20.9. The van der Waals surface area contributed by atoms with Crippen LogP contribution in [0, 0.1) is 0 Å². The van der Waals surface area contributed by atoms with Crippen LogP contribution < -0.4 is 0 Å². The average Bonchev–Trinajstić information content (AvgIpc) is 3.55. The number of benzene rings is 5. The molecule has 8 rings (SSSR count). The summed E-state index contributed by atoms with van der Waals surface area (Å²) in [7, 11) is 0. The normalized spacial score (nSPS) is 11.7. The molecule has 0 aliphatic heterocycles. The van der Waals surface area contributed by atoms with Crippen molar-refractivity contribution >= 4 is 43.9 Å². The molecule has 0 saturated heterocycles. The maximum Gasteiger partial charge on any atom is 0.160 e. The maximum atomic E-state index is 6.37. The number of hydrogen-bond acceptors (Lipinski definition) is 4. The van der Waals surface area contributed by atoms with Crippen LogP contribution in [0.5, 0.6) is 0 Å². The molecule has 38 heavy (non-hydrogen) atoms. The van der Waals surface area contributed by atoms with Crippen LogP contribution in [0.25, 0.3) is 77.8 Å². The van der Waals surface area contributed by atoms with Gasteiger partial charge in [-0.1, -0.05) is 84.9 Å². The highest BCUT2D eigenvalue weighted by atomic mass is 16.3. The lowest BCUT2D eigenvalue weighted by atomic mass is 10.0. The zero-order valence-electron chi connectivity index (χ0n) is 20.3. The molecular weight excluding hydrogens is 468 g/mol. The quantitative estimate of drug-likeness (QED) is 0.249. The summed E-state index contributed by atoms with van der Waals surface area (Å²) < 4.78 is 12.5. The molecule has 0 aliphatic rings. The van der Waals surface area contributed by atoms with E-state index >= 15 is 0 Å². The fourth-order valence-electron chi connectivity index (χ4n) is 5.31. The van der Waals surface area contributed by atoms with Gasteiger partial charge in [0.2, 0.25) is 0 Å². The summed E-state index contributed by atoms with van der Waals surface area (Å²) in [6, 6.07) is 40.8. The lowest BCUT2D eigenvalue weighted by molar-refractivity contribution is 0.663. The summed E-state index contributed by atoms with van der Waals surface area (Å²) in [6.07, 6.45) is 0. The lowest BCUT2D eigenvalue weighted by Crippen LogP contribution is -1.95. The number of furan rings is 2. The van der Waals surface area contributed by atoms with Crippen LogP contribution in [0.1, 0.15) is 0 Å². The second-order valence-corrected chi connectivity index (χ2v) is 9.42. The first-order valence-electron chi connectivity index (χ1n) is 12.6. The molecule has 4 heteroatoms. The highest BCUT2D eigenvalue weighted by Gasteiger charge is 2.17. The highest BCUT2D eigenvalue weighted by molar-refractivity contribution is 6.25. The fraction of sp³-hybridized carbons (Fsp3) is 0. The molecule has 0 fully saturated rings. The molecule has 0 spiro atoms. The highest BCUT2D eigenvalue weighted by Crippen LogP contribution is 2.40. The zero-order valence-corrected chi connectivity index (χ0v) is 20.3. The number of nitrogens with zero attached hydrogens (tertiary/aromatic N) is 2. The molecule has 3 heterocycles. The summed E-state index contributed by atoms with van der Waals surface area (Å²) in [5.74, 6) is 0.659. The molecule has 5 aromatic carbocycles. The van der Waals surface area contributed by atoms with Crippen molar-refractivity contribution in [1.29, 1.82) is 0 Å². The van der Waals surface area contributed by atoms with Crippen molar-refractivity contribution in [3.8, 4) is 33.9 Å². The number of para-hydroxylation sites is 1. The van der Waals surface area contributed by atoms with Gasteiger partial charge in [-0.25, -0.2) is 9.97 Å². The van der Waals surface area contributed by atoms with E-state index in [1.54, 1.807) is 0 Å². The Labute approximate surface area is 217 Å². The molecule has 0 radical (unpaired) electrons. The van der Waals surface area contributed by atoms with Crippen LogP contribution in [0.4, 0.5) is 0 Å². The van der Waals surface area contributed by atoms with Gasteiger partial charge in [0, 0.05) is 38.2 Å². The molecule has 4 nitrogen and oxygen atoms in total. The Balaban J connectivity index is 1.35. The summed E-state index contributed by atoms with van der Waals surface area (Å²) >= 11 is 0. The molecule has 0 saturated carbocycles. The van der Waals surface area contributed by atoms with Crippen molar-refractivity contribution in [3.63, 3.8) is 0 Å².